The first-order valence-electron chi connectivity index (χ1n) is 12.6. The lowest BCUT2D eigenvalue weighted by Gasteiger charge is -2.46. The highest BCUT2D eigenvalue weighted by Gasteiger charge is 2.36. The molecule has 0 bridgehead atoms. The lowest BCUT2D eigenvalue weighted by molar-refractivity contribution is 0.0491. The minimum absolute atomic E-state index is 0.0877. The maximum atomic E-state index is 13.9. The molecule has 2 aromatic carbocycles. The van der Waals surface area contributed by atoms with Crippen LogP contribution in [0.5, 0.6) is 0 Å². The van der Waals surface area contributed by atoms with Crippen molar-refractivity contribution in [3.8, 4) is 0 Å². The zero-order valence-electron chi connectivity index (χ0n) is 20.9. The summed E-state index contributed by atoms with van der Waals surface area (Å²) in [6, 6.07) is 19.3. The quantitative estimate of drug-likeness (QED) is 0.509. The molecule has 3 atom stereocenters. The van der Waals surface area contributed by atoms with Crippen LogP contribution in [0.1, 0.15) is 55.5 Å². The molecule has 3 unspecified atom stereocenters. The van der Waals surface area contributed by atoms with Crippen molar-refractivity contribution in [3.05, 3.63) is 87.3 Å². The lowest BCUT2D eigenvalue weighted by atomic mass is 9.77. The standard InChI is InChI=1S/C29H36N4O/c1-20-13-15-25(16-14-20)32-18-31(27-12-8-9-21(2)22(27)3)19-33-28(34)26(23(4)30-29(32)33)17-24-10-6-5-7-11-24/h5-7,10-11,13-16,21-22,27H,8-9,12,17-19H2,1-4H3. The molecule has 0 N–H and O–H groups in total. The molecule has 5 nitrogen and oxygen atoms in total. The van der Waals surface area contributed by atoms with Crippen molar-refractivity contribution in [2.45, 2.75) is 66.1 Å². The molecule has 3 aromatic rings. The first-order chi connectivity index (χ1) is 16.4. The van der Waals surface area contributed by atoms with Gasteiger partial charge in [0.25, 0.3) is 5.56 Å². The lowest BCUT2D eigenvalue weighted by Crippen LogP contribution is -2.54. The van der Waals surface area contributed by atoms with E-state index in [0.717, 1.165) is 35.1 Å². The first kappa shape index (κ1) is 22.9. The number of fused-ring (bicyclic) bond motifs is 1. The minimum atomic E-state index is 0.0877. The maximum absolute atomic E-state index is 13.9. The van der Waals surface area contributed by atoms with Crippen molar-refractivity contribution in [3.63, 3.8) is 0 Å². The van der Waals surface area contributed by atoms with Gasteiger partial charge < -0.3 is 0 Å². The molecule has 1 fully saturated rings. The predicted molar refractivity (Wildman–Crippen MR) is 138 cm³/mol. The van der Waals surface area contributed by atoms with Crippen molar-refractivity contribution < 1.29 is 0 Å². The molecule has 0 amide bonds. The third kappa shape index (κ3) is 4.29. The van der Waals surface area contributed by atoms with E-state index in [9.17, 15) is 4.79 Å². The fourth-order valence-corrected chi connectivity index (χ4v) is 5.70. The van der Waals surface area contributed by atoms with Crippen molar-refractivity contribution in [1.29, 1.82) is 0 Å². The van der Waals surface area contributed by atoms with Crippen LogP contribution in [0, 0.1) is 25.7 Å². The van der Waals surface area contributed by atoms with Crippen LogP contribution in [0.3, 0.4) is 0 Å². The molecule has 5 heteroatoms. The van der Waals surface area contributed by atoms with E-state index in [2.05, 4.69) is 67.0 Å². The summed E-state index contributed by atoms with van der Waals surface area (Å²) >= 11 is 0. The summed E-state index contributed by atoms with van der Waals surface area (Å²) in [6.45, 7) is 10.2. The third-order valence-electron chi connectivity index (χ3n) is 8.04. The Kier molecular flexibility index (Phi) is 6.30. The number of anilines is 2. The molecule has 0 spiro atoms. The van der Waals surface area contributed by atoms with Crippen LogP contribution >= 0.6 is 0 Å². The van der Waals surface area contributed by atoms with Gasteiger partial charge in [0, 0.05) is 23.7 Å². The number of aryl methyl sites for hydroxylation is 2. The van der Waals surface area contributed by atoms with Gasteiger partial charge in [-0.15, -0.1) is 0 Å². The molecular formula is C29H36N4O. The highest BCUT2D eigenvalue weighted by molar-refractivity contribution is 5.59. The van der Waals surface area contributed by atoms with Crippen LogP contribution < -0.4 is 10.5 Å². The molecule has 1 aliphatic heterocycles. The summed E-state index contributed by atoms with van der Waals surface area (Å²) in [4.78, 5) is 23.7. The molecule has 0 radical (unpaired) electrons. The number of hydrogen-bond acceptors (Lipinski definition) is 4. The highest BCUT2D eigenvalue weighted by atomic mass is 16.1. The van der Waals surface area contributed by atoms with Gasteiger partial charge in [0.1, 0.15) is 0 Å². The Morgan fingerprint density at radius 1 is 0.941 bits per heavy atom. The molecule has 178 valence electrons. The second-order valence-corrected chi connectivity index (χ2v) is 10.3. The van der Waals surface area contributed by atoms with Crippen LogP contribution in [0.25, 0.3) is 0 Å². The average Bonchev–Trinajstić information content (AvgIpc) is 2.84. The van der Waals surface area contributed by atoms with Gasteiger partial charge in [-0.05, 0) is 49.8 Å². The number of nitrogens with zero attached hydrogens (tertiary/aromatic N) is 4. The van der Waals surface area contributed by atoms with Gasteiger partial charge in [0.15, 0.2) is 0 Å². The van der Waals surface area contributed by atoms with E-state index in [-0.39, 0.29) is 5.56 Å². The molecular weight excluding hydrogens is 420 g/mol. The summed E-state index contributed by atoms with van der Waals surface area (Å²) in [6.07, 6.45) is 4.35. The summed E-state index contributed by atoms with van der Waals surface area (Å²) in [5.74, 6) is 2.07. The molecule has 2 aliphatic rings. The van der Waals surface area contributed by atoms with E-state index >= 15 is 0 Å². The monoisotopic (exact) mass is 456 g/mol. The Labute approximate surface area is 203 Å². The van der Waals surface area contributed by atoms with Crippen LogP contribution in [0.2, 0.25) is 0 Å². The summed E-state index contributed by atoms with van der Waals surface area (Å²) in [7, 11) is 0. The van der Waals surface area contributed by atoms with Crippen molar-refractivity contribution in [1.82, 2.24) is 14.5 Å². The Morgan fingerprint density at radius 2 is 1.68 bits per heavy atom. The second-order valence-electron chi connectivity index (χ2n) is 10.3. The van der Waals surface area contributed by atoms with Crippen LogP contribution in [-0.4, -0.2) is 27.2 Å². The first-order valence-corrected chi connectivity index (χ1v) is 12.6. The zero-order valence-corrected chi connectivity index (χ0v) is 20.9. The molecule has 5 rings (SSSR count). The van der Waals surface area contributed by atoms with Crippen LogP contribution in [0.15, 0.2) is 59.4 Å². The van der Waals surface area contributed by atoms with Crippen LogP contribution in [0.4, 0.5) is 11.6 Å². The Bertz CT molecular complexity index is 1200. The van der Waals surface area contributed by atoms with E-state index in [1.807, 2.05) is 29.7 Å². The molecule has 1 aromatic heterocycles. The number of rotatable bonds is 4. The SMILES string of the molecule is Cc1ccc(N2CN(C3CCCC(C)C3C)Cn3c2nc(C)c(Cc2ccccc2)c3=O)cc1. The van der Waals surface area contributed by atoms with Gasteiger partial charge in [-0.2, -0.15) is 0 Å². The van der Waals surface area contributed by atoms with E-state index < -0.39 is 0 Å². The average molecular weight is 457 g/mol. The summed E-state index contributed by atoms with van der Waals surface area (Å²) < 4.78 is 1.92. The predicted octanol–water partition coefficient (Wildman–Crippen LogP) is 5.64. The molecule has 34 heavy (non-hydrogen) atoms. The van der Waals surface area contributed by atoms with Gasteiger partial charge in [-0.25, -0.2) is 4.98 Å². The van der Waals surface area contributed by atoms with Crippen molar-refractivity contribution >= 4 is 11.6 Å². The Morgan fingerprint density at radius 3 is 2.41 bits per heavy atom. The smallest absolute Gasteiger partial charge is 0.259 e. The fraction of sp³-hybridized carbons (Fsp3) is 0.448. The number of benzene rings is 2. The largest absolute Gasteiger partial charge is 0.298 e. The Balaban J connectivity index is 1.59. The highest BCUT2D eigenvalue weighted by Crippen LogP contribution is 2.36. The van der Waals surface area contributed by atoms with Gasteiger partial charge in [0.2, 0.25) is 5.95 Å². The molecule has 1 aliphatic carbocycles. The topological polar surface area (TPSA) is 41.4 Å². The van der Waals surface area contributed by atoms with E-state index in [1.54, 1.807) is 0 Å². The summed E-state index contributed by atoms with van der Waals surface area (Å²) in [5.41, 5.74) is 5.17. The van der Waals surface area contributed by atoms with Gasteiger partial charge in [-0.3, -0.25) is 19.2 Å². The summed E-state index contributed by atoms with van der Waals surface area (Å²) in [5, 5.41) is 0. The number of hydrogen-bond donors (Lipinski definition) is 0. The van der Waals surface area contributed by atoms with Crippen LogP contribution in [-0.2, 0) is 13.1 Å². The van der Waals surface area contributed by atoms with E-state index in [1.165, 1.54) is 24.8 Å². The molecule has 0 saturated heterocycles. The van der Waals surface area contributed by atoms with Crippen molar-refractivity contribution in [2.75, 3.05) is 11.6 Å². The molecule has 1 saturated carbocycles. The fourth-order valence-electron chi connectivity index (χ4n) is 5.70. The zero-order chi connectivity index (χ0) is 23.8. The van der Waals surface area contributed by atoms with Gasteiger partial charge >= 0.3 is 0 Å². The van der Waals surface area contributed by atoms with Crippen molar-refractivity contribution in [2.24, 2.45) is 11.8 Å². The Hall–Kier alpha value is -2.92. The van der Waals surface area contributed by atoms with E-state index in [0.29, 0.717) is 31.0 Å². The minimum Gasteiger partial charge on any atom is -0.298 e. The van der Waals surface area contributed by atoms with E-state index in [4.69, 9.17) is 4.98 Å². The normalized spacial score (nSPS) is 23.1. The number of aromatic nitrogens is 2. The van der Waals surface area contributed by atoms with Gasteiger partial charge in [-0.1, -0.05) is 74.7 Å². The second kappa shape index (κ2) is 9.38. The van der Waals surface area contributed by atoms with Gasteiger partial charge in [0.05, 0.1) is 19.0 Å². The maximum Gasteiger partial charge on any atom is 0.259 e. The molecule has 2 heterocycles. The third-order valence-corrected chi connectivity index (χ3v) is 8.04.